The quantitative estimate of drug-likeness (QED) is 0.865. The Morgan fingerprint density at radius 1 is 1.35 bits per heavy atom. The summed E-state index contributed by atoms with van der Waals surface area (Å²) in [4.78, 5) is 11.5. The van der Waals surface area contributed by atoms with Crippen LogP contribution in [0, 0.1) is 5.92 Å². The Morgan fingerprint density at radius 3 is 2.55 bits per heavy atom. The lowest BCUT2D eigenvalue weighted by Gasteiger charge is -2.15. The standard InChI is InChI=1S/C13H20N2O4S/c1-9(2)8-19-13(16)15-10(3)11-5-4-6-12(7-11)20(14,17)18/h4-7,9-10H,8H2,1-3H3,(H,15,16)(H2,14,17,18). The number of hydrogen-bond acceptors (Lipinski definition) is 4. The number of carbonyl (C=O) groups is 1. The first-order valence-electron chi connectivity index (χ1n) is 6.26. The van der Waals surface area contributed by atoms with Gasteiger partial charge in [-0.3, -0.25) is 0 Å². The molecular formula is C13H20N2O4S. The minimum absolute atomic E-state index is 0.0131. The monoisotopic (exact) mass is 300 g/mol. The van der Waals surface area contributed by atoms with Gasteiger partial charge in [-0.05, 0) is 30.5 Å². The van der Waals surface area contributed by atoms with E-state index in [1.54, 1.807) is 19.1 Å². The molecular weight excluding hydrogens is 280 g/mol. The Balaban J connectivity index is 2.73. The third kappa shape index (κ3) is 5.18. The van der Waals surface area contributed by atoms with Crippen molar-refractivity contribution < 1.29 is 17.9 Å². The highest BCUT2D eigenvalue weighted by Gasteiger charge is 2.14. The first kappa shape index (κ1) is 16.5. The molecule has 112 valence electrons. The molecule has 0 radical (unpaired) electrons. The average Bonchev–Trinajstić information content (AvgIpc) is 2.35. The fourth-order valence-corrected chi connectivity index (χ4v) is 2.07. The lowest BCUT2D eigenvalue weighted by Crippen LogP contribution is -2.28. The molecule has 0 aromatic heterocycles. The summed E-state index contributed by atoms with van der Waals surface area (Å²) < 4.78 is 27.5. The van der Waals surface area contributed by atoms with Crippen LogP contribution in [0.4, 0.5) is 4.79 Å². The normalized spacial score (nSPS) is 13.1. The average molecular weight is 300 g/mol. The molecule has 0 saturated carbocycles. The van der Waals surface area contributed by atoms with Gasteiger partial charge in [0.15, 0.2) is 0 Å². The van der Waals surface area contributed by atoms with E-state index in [0.717, 1.165) is 0 Å². The van der Waals surface area contributed by atoms with Gasteiger partial charge in [0.2, 0.25) is 10.0 Å². The fraction of sp³-hybridized carbons (Fsp3) is 0.462. The Hall–Kier alpha value is -1.60. The second-order valence-corrected chi connectivity index (χ2v) is 6.54. The molecule has 7 heteroatoms. The number of benzene rings is 1. The van der Waals surface area contributed by atoms with E-state index >= 15 is 0 Å². The second-order valence-electron chi connectivity index (χ2n) is 4.98. The Morgan fingerprint density at radius 2 is 2.00 bits per heavy atom. The summed E-state index contributed by atoms with van der Waals surface area (Å²) in [6.07, 6.45) is -0.535. The van der Waals surface area contributed by atoms with E-state index < -0.39 is 16.1 Å². The fourth-order valence-electron chi connectivity index (χ4n) is 1.50. The van der Waals surface area contributed by atoms with Crippen molar-refractivity contribution in [1.29, 1.82) is 0 Å². The molecule has 0 aliphatic carbocycles. The molecule has 1 unspecified atom stereocenters. The highest BCUT2D eigenvalue weighted by atomic mass is 32.2. The topological polar surface area (TPSA) is 98.5 Å². The molecule has 0 aliphatic rings. The summed E-state index contributed by atoms with van der Waals surface area (Å²) in [5.74, 6) is 0.252. The van der Waals surface area contributed by atoms with E-state index in [4.69, 9.17) is 9.88 Å². The van der Waals surface area contributed by atoms with E-state index in [2.05, 4.69) is 5.32 Å². The van der Waals surface area contributed by atoms with Crippen molar-refractivity contribution in [3.63, 3.8) is 0 Å². The number of ether oxygens (including phenoxy) is 1. The number of nitrogens with two attached hydrogens (primary N) is 1. The Kier molecular flexibility index (Phi) is 5.52. The molecule has 1 amide bonds. The molecule has 0 heterocycles. The zero-order valence-electron chi connectivity index (χ0n) is 11.8. The molecule has 0 aliphatic heterocycles. The zero-order valence-corrected chi connectivity index (χ0v) is 12.6. The first-order valence-corrected chi connectivity index (χ1v) is 7.81. The van der Waals surface area contributed by atoms with Crippen molar-refractivity contribution in [2.45, 2.75) is 31.7 Å². The van der Waals surface area contributed by atoms with E-state index in [9.17, 15) is 13.2 Å². The van der Waals surface area contributed by atoms with Crippen LogP contribution in [0.2, 0.25) is 0 Å². The molecule has 3 N–H and O–H groups in total. The summed E-state index contributed by atoms with van der Waals surface area (Å²) in [5, 5.41) is 7.70. The van der Waals surface area contributed by atoms with E-state index in [-0.39, 0.29) is 16.9 Å². The molecule has 1 atom stereocenters. The van der Waals surface area contributed by atoms with Gasteiger partial charge in [0, 0.05) is 0 Å². The summed E-state index contributed by atoms with van der Waals surface area (Å²) in [7, 11) is -3.75. The van der Waals surface area contributed by atoms with Crippen LogP contribution in [-0.4, -0.2) is 21.1 Å². The number of primary sulfonamides is 1. The first-order chi connectivity index (χ1) is 9.20. The van der Waals surface area contributed by atoms with Crippen LogP contribution < -0.4 is 10.5 Å². The largest absolute Gasteiger partial charge is 0.449 e. The predicted octanol–water partition coefficient (Wildman–Crippen LogP) is 1.78. The van der Waals surface area contributed by atoms with E-state index in [1.807, 2.05) is 13.8 Å². The SMILES string of the molecule is CC(C)COC(=O)NC(C)c1cccc(S(N)(=O)=O)c1. The van der Waals surface area contributed by atoms with Crippen molar-refractivity contribution in [1.82, 2.24) is 5.32 Å². The maximum absolute atomic E-state index is 11.5. The van der Waals surface area contributed by atoms with Crippen molar-refractivity contribution in [2.75, 3.05) is 6.61 Å². The van der Waals surface area contributed by atoms with Crippen molar-refractivity contribution >= 4 is 16.1 Å². The van der Waals surface area contributed by atoms with Gasteiger partial charge in [0.25, 0.3) is 0 Å². The van der Waals surface area contributed by atoms with Crippen LogP contribution >= 0.6 is 0 Å². The van der Waals surface area contributed by atoms with Crippen LogP contribution in [0.1, 0.15) is 32.4 Å². The summed E-state index contributed by atoms with van der Waals surface area (Å²) in [6.45, 7) is 5.94. The highest BCUT2D eigenvalue weighted by Crippen LogP contribution is 2.16. The van der Waals surface area contributed by atoms with Crippen LogP contribution in [-0.2, 0) is 14.8 Å². The summed E-state index contributed by atoms with van der Waals surface area (Å²) in [5.41, 5.74) is 0.637. The minimum Gasteiger partial charge on any atom is -0.449 e. The number of amides is 1. The number of sulfonamides is 1. The number of hydrogen-bond donors (Lipinski definition) is 2. The lowest BCUT2D eigenvalue weighted by atomic mass is 10.1. The lowest BCUT2D eigenvalue weighted by molar-refractivity contribution is 0.130. The molecule has 0 fully saturated rings. The van der Waals surface area contributed by atoms with Crippen LogP contribution in [0.25, 0.3) is 0 Å². The smallest absolute Gasteiger partial charge is 0.407 e. The number of alkyl carbamates (subject to hydrolysis) is 1. The number of carbonyl (C=O) groups excluding carboxylic acids is 1. The van der Waals surface area contributed by atoms with E-state index in [1.165, 1.54) is 12.1 Å². The minimum atomic E-state index is -3.75. The molecule has 1 aromatic carbocycles. The molecule has 1 rings (SSSR count). The van der Waals surface area contributed by atoms with Crippen molar-refractivity contribution in [3.8, 4) is 0 Å². The molecule has 1 aromatic rings. The van der Waals surface area contributed by atoms with Gasteiger partial charge >= 0.3 is 6.09 Å². The van der Waals surface area contributed by atoms with E-state index in [0.29, 0.717) is 12.2 Å². The van der Waals surface area contributed by atoms with Gasteiger partial charge in [-0.2, -0.15) is 0 Å². The molecule has 6 nitrogen and oxygen atoms in total. The zero-order chi connectivity index (χ0) is 15.3. The summed E-state index contributed by atoms with van der Waals surface area (Å²) in [6, 6.07) is 5.75. The predicted molar refractivity (Wildman–Crippen MR) is 75.6 cm³/mol. The Labute approximate surface area is 119 Å². The molecule has 0 saturated heterocycles. The van der Waals surface area contributed by atoms with Gasteiger partial charge in [0.1, 0.15) is 0 Å². The highest BCUT2D eigenvalue weighted by molar-refractivity contribution is 7.89. The van der Waals surface area contributed by atoms with Gasteiger partial charge in [-0.25, -0.2) is 18.4 Å². The van der Waals surface area contributed by atoms with Crippen LogP contribution in [0.15, 0.2) is 29.2 Å². The van der Waals surface area contributed by atoms with Gasteiger partial charge in [-0.1, -0.05) is 26.0 Å². The van der Waals surface area contributed by atoms with Gasteiger partial charge < -0.3 is 10.1 Å². The number of nitrogens with one attached hydrogen (secondary N) is 1. The Bertz CT molecular complexity index is 569. The maximum Gasteiger partial charge on any atom is 0.407 e. The molecule has 20 heavy (non-hydrogen) atoms. The van der Waals surface area contributed by atoms with Crippen molar-refractivity contribution in [3.05, 3.63) is 29.8 Å². The number of rotatable bonds is 5. The van der Waals surface area contributed by atoms with Gasteiger partial charge in [-0.15, -0.1) is 0 Å². The summed E-state index contributed by atoms with van der Waals surface area (Å²) >= 11 is 0. The molecule has 0 spiro atoms. The van der Waals surface area contributed by atoms with Gasteiger partial charge in [0.05, 0.1) is 17.5 Å². The van der Waals surface area contributed by atoms with Crippen LogP contribution in [0.3, 0.4) is 0 Å². The van der Waals surface area contributed by atoms with Crippen LogP contribution in [0.5, 0.6) is 0 Å². The molecule has 0 bridgehead atoms. The third-order valence-corrected chi connectivity index (χ3v) is 3.48. The third-order valence-electron chi connectivity index (χ3n) is 2.57. The van der Waals surface area contributed by atoms with Crippen molar-refractivity contribution in [2.24, 2.45) is 11.1 Å². The maximum atomic E-state index is 11.5. The second kappa shape index (κ2) is 6.71.